The third-order valence-electron chi connectivity index (χ3n) is 5.28. The van der Waals surface area contributed by atoms with Crippen LogP contribution in [0.3, 0.4) is 0 Å². The number of benzene rings is 1. The van der Waals surface area contributed by atoms with Gasteiger partial charge in [-0.15, -0.1) is 0 Å². The van der Waals surface area contributed by atoms with E-state index in [2.05, 4.69) is 44.9 Å². The fourth-order valence-electron chi connectivity index (χ4n) is 2.87. The molecule has 144 valence electrons. The first-order valence-electron chi connectivity index (χ1n) is 9.36. The highest BCUT2D eigenvalue weighted by Gasteiger charge is 2.51. The minimum Gasteiger partial charge on any atom is -0.462 e. The molecule has 1 fully saturated rings. The Bertz CT molecular complexity index is 783. The molecule has 0 radical (unpaired) electrons. The number of rotatable bonds is 6. The average molecular weight is 370 g/mol. The summed E-state index contributed by atoms with van der Waals surface area (Å²) in [7, 11) is -0.345. The second-order valence-electron chi connectivity index (χ2n) is 7.79. The van der Waals surface area contributed by atoms with Crippen LogP contribution in [0.15, 0.2) is 36.7 Å². The predicted octanol–water partition coefficient (Wildman–Crippen LogP) is 2.60. The van der Waals surface area contributed by atoms with Crippen LogP contribution in [0.1, 0.15) is 50.5 Å². The summed E-state index contributed by atoms with van der Waals surface area (Å²) >= 11 is 0. The zero-order chi connectivity index (χ0) is 19.7. The van der Waals surface area contributed by atoms with E-state index in [9.17, 15) is 4.79 Å². The molecule has 0 amide bonds. The lowest BCUT2D eigenvalue weighted by molar-refractivity contribution is 0.00578. The number of hydrogen-bond donors (Lipinski definition) is 0. The van der Waals surface area contributed by atoms with Gasteiger partial charge in [0.15, 0.2) is 0 Å². The number of hydrogen-bond acceptors (Lipinski definition) is 5. The van der Waals surface area contributed by atoms with Gasteiger partial charge in [0.25, 0.3) is 0 Å². The molecule has 0 bridgehead atoms. The van der Waals surface area contributed by atoms with Crippen LogP contribution in [0, 0.1) is 0 Å². The number of nitrogens with zero attached hydrogens (tertiary/aromatic N) is 2. The van der Waals surface area contributed by atoms with Crippen molar-refractivity contribution in [2.24, 2.45) is 0 Å². The summed E-state index contributed by atoms with van der Waals surface area (Å²) < 4.78 is 18.9. The molecule has 2 aromatic rings. The van der Waals surface area contributed by atoms with Gasteiger partial charge in [-0.05, 0) is 52.1 Å². The first-order valence-corrected chi connectivity index (χ1v) is 9.36. The van der Waals surface area contributed by atoms with Crippen LogP contribution >= 0.6 is 0 Å². The molecule has 0 spiro atoms. The molecule has 0 aliphatic carbocycles. The van der Waals surface area contributed by atoms with E-state index in [1.54, 1.807) is 24.0 Å². The topological polar surface area (TPSA) is 62.6 Å². The number of aromatic nitrogens is 2. The SMILES string of the molecule is CCOC(=O)c1cnn(CCc2ccc(B3OC(C)(C)C(C)(C)O3)cc2)c1. The van der Waals surface area contributed by atoms with Crippen LogP contribution < -0.4 is 5.46 Å². The number of carbonyl (C=O) groups excluding carboxylic acids is 1. The minimum absolute atomic E-state index is 0.337. The summed E-state index contributed by atoms with van der Waals surface area (Å²) in [5.74, 6) is -0.337. The Morgan fingerprint density at radius 3 is 2.37 bits per heavy atom. The first-order chi connectivity index (χ1) is 12.7. The molecule has 7 heteroatoms. The van der Waals surface area contributed by atoms with Crippen molar-refractivity contribution in [2.45, 2.75) is 58.8 Å². The van der Waals surface area contributed by atoms with Crippen LogP contribution in [0.2, 0.25) is 0 Å². The zero-order valence-corrected chi connectivity index (χ0v) is 16.7. The van der Waals surface area contributed by atoms with Gasteiger partial charge in [0.1, 0.15) is 0 Å². The van der Waals surface area contributed by atoms with Crippen LogP contribution in [-0.4, -0.2) is 40.7 Å². The largest absolute Gasteiger partial charge is 0.494 e. The lowest BCUT2D eigenvalue weighted by Gasteiger charge is -2.32. The molecule has 6 nitrogen and oxygen atoms in total. The number of carbonyl (C=O) groups is 1. The molecule has 0 atom stereocenters. The number of esters is 1. The van der Waals surface area contributed by atoms with Gasteiger partial charge in [-0.1, -0.05) is 24.3 Å². The molecule has 1 aromatic carbocycles. The normalized spacial score (nSPS) is 17.9. The fraction of sp³-hybridized carbons (Fsp3) is 0.500. The molecular weight excluding hydrogens is 343 g/mol. The van der Waals surface area contributed by atoms with Crippen molar-refractivity contribution in [1.82, 2.24) is 9.78 Å². The van der Waals surface area contributed by atoms with Gasteiger partial charge in [0, 0.05) is 12.7 Å². The van der Waals surface area contributed by atoms with Crippen LogP contribution in [0.25, 0.3) is 0 Å². The monoisotopic (exact) mass is 370 g/mol. The van der Waals surface area contributed by atoms with Crippen molar-refractivity contribution in [2.75, 3.05) is 6.61 Å². The fourth-order valence-corrected chi connectivity index (χ4v) is 2.87. The molecule has 0 saturated carbocycles. The van der Waals surface area contributed by atoms with E-state index in [0.717, 1.165) is 11.9 Å². The summed E-state index contributed by atoms with van der Waals surface area (Å²) in [6.45, 7) is 11.0. The number of ether oxygens (including phenoxy) is 1. The maximum atomic E-state index is 11.7. The van der Waals surface area contributed by atoms with Gasteiger partial charge >= 0.3 is 13.1 Å². The van der Waals surface area contributed by atoms with Gasteiger partial charge in [0.05, 0.1) is 29.6 Å². The van der Waals surface area contributed by atoms with E-state index in [1.807, 2.05) is 12.1 Å². The maximum Gasteiger partial charge on any atom is 0.494 e. The Labute approximate surface area is 160 Å². The van der Waals surface area contributed by atoms with Crippen molar-refractivity contribution >= 4 is 18.6 Å². The Kier molecular flexibility index (Phi) is 5.44. The summed E-state index contributed by atoms with van der Waals surface area (Å²) in [5, 5.41) is 4.22. The summed E-state index contributed by atoms with van der Waals surface area (Å²) in [5.41, 5.74) is 2.00. The molecule has 3 rings (SSSR count). The molecular formula is C20H27BN2O4. The van der Waals surface area contributed by atoms with E-state index >= 15 is 0 Å². The Morgan fingerprint density at radius 2 is 1.78 bits per heavy atom. The van der Waals surface area contributed by atoms with Crippen LogP contribution in [0.4, 0.5) is 0 Å². The van der Waals surface area contributed by atoms with E-state index in [4.69, 9.17) is 14.0 Å². The van der Waals surface area contributed by atoms with Crippen molar-refractivity contribution < 1.29 is 18.8 Å². The molecule has 1 saturated heterocycles. The molecule has 1 aliphatic heterocycles. The molecule has 1 aromatic heterocycles. The van der Waals surface area contributed by atoms with E-state index < -0.39 is 0 Å². The van der Waals surface area contributed by atoms with Crippen molar-refractivity contribution in [3.8, 4) is 0 Å². The standard InChI is InChI=1S/C20H27BN2O4/c1-6-25-18(24)16-13-22-23(14-16)12-11-15-7-9-17(10-8-15)21-26-19(2,3)20(4,5)27-21/h7-10,13-14H,6,11-12H2,1-5H3. The number of aryl methyl sites for hydroxylation is 2. The third kappa shape index (κ3) is 4.25. The van der Waals surface area contributed by atoms with Gasteiger partial charge < -0.3 is 14.0 Å². The third-order valence-corrected chi connectivity index (χ3v) is 5.28. The van der Waals surface area contributed by atoms with Gasteiger partial charge in [-0.2, -0.15) is 5.10 Å². The summed E-state index contributed by atoms with van der Waals surface area (Å²) in [4.78, 5) is 11.7. The molecule has 27 heavy (non-hydrogen) atoms. The first kappa shape index (κ1) is 19.6. The molecule has 0 N–H and O–H groups in total. The smallest absolute Gasteiger partial charge is 0.462 e. The highest BCUT2D eigenvalue weighted by molar-refractivity contribution is 6.62. The van der Waals surface area contributed by atoms with Crippen LogP contribution in [0.5, 0.6) is 0 Å². The van der Waals surface area contributed by atoms with Crippen molar-refractivity contribution in [1.29, 1.82) is 0 Å². The lowest BCUT2D eigenvalue weighted by Crippen LogP contribution is -2.41. The Balaban J connectivity index is 1.58. The Hall–Kier alpha value is -2.12. The molecule has 2 heterocycles. The highest BCUT2D eigenvalue weighted by Crippen LogP contribution is 2.36. The van der Waals surface area contributed by atoms with Crippen molar-refractivity contribution in [3.63, 3.8) is 0 Å². The van der Waals surface area contributed by atoms with Crippen LogP contribution in [-0.2, 0) is 27.0 Å². The molecule has 1 aliphatic rings. The Morgan fingerprint density at radius 1 is 1.15 bits per heavy atom. The second kappa shape index (κ2) is 7.48. The highest BCUT2D eigenvalue weighted by atomic mass is 16.7. The minimum atomic E-state index is -0.345. The predicted molar refractivity (Wildman–Crippen MR) is 104 cm³/mol. The zero-order valence-electron chi connectivity index (χ0n) is 16.7. The summed E-state index contributed by atoms with van der Waals surface area (Å²) in [6, 6.07) is 8.25. The van der Waals surface area contributed by atoms with E-state index in [0.29, 0.717) is 18.7 Å². The van der Waals surface area contributed by atoms with Gasteiger partial charge in [-0.3, -0.25) is 4.68 Å². The maximum absolute atomic E-state index is 11.7. The lowest BCUT2D eigenvalue weighted by atomic mass is 9.79. The van der Waals surface area contributed by atoms with E-state index in [1.165, 1.54) is 5.56 Å². The van der Waals surface area contributed by atoms with Gasteiger partial charge in [-0.25, -0.2) is 4.79 Å². The van der Waals surface area contributed by atoms with Gasteiger partial charge in [0.2, 0.25) is 0 Å². The van der Waals surface area contributed by atoms with E-state index in [-0.39, 0.29) is 24.3 Å². The second-order valence-corrected chi connectivity index (χ2v) is 7.79. The summed E-state index contributed by atoms with van der Waals surface area (Å²) in [6.07, 6.45) is 4.07. The quantitative estimate of drug-likeness (QED) is 0.578. The van der Waals surface area contributed by atoms with Crippen molar-refractivity contribution in [3.05, 3.63) is 47.8 Å². The average Bonchev–Trinajstić information content (AvgIpc) is 3.16. The molecule has 0 unspecified atom stereocenters.